The molecule has 0 aliphatic carbocycles. The maximum atomic E-state index is 5.36. The van der Waals surface area contributed by atoms with Gasteiger partial charge in [0.2, 0.25) is 5.95 Å². The largest absolute Gasteiger partial charge is 0.497 e. The lowest BCUT2D eigenvalue weighted by molar-refractivity contribution is 0.414. The summed E-state index contributed by atoms with van der Waals surface area (Å²) in [7, 11) is 1.64. The molecule has 2 N–H and O–H groups in total. The molecule has 31 heavy (non-hydrogen) atoms. The molecule has 1 saturated heterocycles. The quantitative estimate of drug-likeness (QED) is 0.489. The summed E-state index contributed by atoms with van der Waals surface area (Å²) in [5, 5.41) is 6.63. The molecule has 5 heterocycles. The van der Waals surface area contributed by atoms with Gasteiger partial charge in [0.1, 0.15) is 28.9 Å². The molecule has 1 fully saturated rings. The third-order valence-corrected chi connectivity index (χ3v) is 5.22. The highest BCUT2D eigenvalue weighted by atomic mass is 16.5. The Hall–Kier alpha value is -3.88. The molecule has 0 aromatic carbocycles. The van der Waals surface area contributed by atoms with Crippen LogP contribution in [0.5, 0.6) is 5.75 Å². The minimum absolute atomic E-state index is 0.481. The topological polar surface area (TPSA) is 92.5 Å². The lowest BCUT2D eigenvalue weighted by Gasteiger charge is -2.19. The first-order valence-electron chi connectivity index (χ1n) is 10.3. The number of hydrogen-bond acceptors (Lipinski definition) is 8. The highest BCUT2D eigenvalue weighted by Crippen LogP contribution is 2.26. The van der Waals surface area contributed by atoms with Crippen LogP contribution in [0, 0.1) is 6.92 Å². The molecule has 9 nitrogen and oxygen atoms in total. The van der Waals surface area contributed by atoms with E-state index in [1.165, 1.54) is 12.8 Å². The molecule has 0 radical (unpaired) electrons. The average molecular weight is 416 g/mol. The standard InChI is InChI=1S/C22H24N8O/c1-15-11-17(31-2)13-18(24-15)26-22-27-19(14-21(28-22)29-7-3-4-8-29)25-16-5-9-30-10-6-23-20(30)12-16/h5-6,9-14H,3-4,7-8H2,1-2H3,(H2,24,25,26,27,28). The maximum absolute atomic E-state index is 5.36. The van der Waals surface area contributed by atoms with E-state index >= 15 is 0 Å². The molecule has 1 aliphatic rings. The van der Waals surface area contributed by atoms with Crippen LogP contribution in [0.15, 0.2) is 48.9 Å². The minimum atomic E-state index is 0.481. The van der Waals surface area contributed by atoms with Gasteiger partial charge in [-0.05, 0) is 25.8 Å². The van der Waals surface area contributed by atoms with Crippen LogP contribution < -0.4 is 20.3 Å². The van der Waals surface area contributed by atoms with Gasteiger partial charge in [0, 0.05) is 67.3 Å². The fraction of sp³-hybridized carbons (Fsp3) is 0.273. The van der Waals surface area contributed by atoms with Crippen molar-refractivity contribution >= 4 is 34.7 Å². The molecule has 4 aromatic rings. The third-order valence-electron chi connectivity index (χ3n) is 5.22. The number of aromatic nitrogens is 5. The van der Waals surface area contributed by atoms with Crippen molar-refractivity contribution in [1.29, 1.82) is 0 Å². The van der Waals surface area contributed by atoms with E-state index in [0.29, 0.717) is 17.6 Å². The zero-order valence-corrected chi connectivity index (χ0v) is 17.5. The Morgan fingerprint density at radius 3 is 2.61 bits per heavy atom. The lowest BCUT2D eigenvalue weighted by atomic mass is 10.3. The molecule has 4 aromatic heterocycles. The summed E-state index contributed by atoms with van der Waals surface area (Å²) in [5.74, 6) is 3.44. The second-order valence-electron chi connectivity index (χ2n) is 7.52. The number of nitrogens with one attached hydrogen (secondary N) is 2. The first-order valence-corrected chi connectivity index (χ1v) is 10.3. The van der Waals surface area contributed by atoms with E-state index in [9.17, 15) is 0 Å². The van der Waals surface area contributed by atoms with Gasteiger partial charge in [-0.3, -0.25) is 0 Å². The Morgan fingerprint density at radius 2 is 1.77 bits per heavy atom. The SMILES string of the molecule is COc1cc(C)nc(Nc2nc(Nc3ccn4ccnc4c3)cc(N3CCCC3)n2)c1. The Bertz CT molecular complexity index is 1220. The molecule has 1 aliphatic heterocycles. The normalized spacial score (nSPS) is 13.5. The summed E-state index contributed by atoms with van der Waals surface area (Å²) >= 11 is 0. The summed E-state index contributed by atoms with van der Waals surface area (Å²) in [6.07, 6.45) is 8.00. The van der Waals surface area contributed by atoms with Crippen LogP contribution in [-0.2, 0) is 0 Å². The number of aryl methyl sites for hydroxylation is 1. The number of hydrogen-bond donors (Lipinski definition) is 2. The van der Waals surface area contributed by atoms with Crippen LogP contribution in [0.3, 0.4) is 0 Å². The summed E-state index contributed by atoms with van der Waals surface area (Å²) in [5.41, 5.74) is 2.63. The van der Waals surface area contributed by atoms with E-state index in [1.807, 2.05) is 54.0 Å². The minimum Gasteiger partial charge on any atom is -0.497 e. The summed E-state index contributed by atoms with van der Waals surface area (Å²) < 4.78 is 7.32. The number of pyridine rings is 2. The van der Waals surface area contributed by atoms with Crippen LogP contribution in [0.4, 0.5) is 29.1 Å². The van der Waals surface area contributed by atoms with Gasteiger partial charge in [-0.15, -0.1) is 0 Å². The molecule has 5 rings (SSSR count). The molecule has 0 spiro atoms. The van der Waals surface area contributed by atoms with Crippen molar-refractivity contribution in [2.45, 2.75) is 19.8 Å². The van der Waals surface area contributed by atoms with Crippen molar-refractivity contribution in [2.75, 3.05) is 35.7 Å². The fourth-order valence-corrected chi connectivity index (χ4v) is 3.73. The Kier molecular flexibility index (Phi) is 4.99. The molecule has 0 unspecified atom stereocenters. The fourth-order valence-electron chi connectivity index (χ4n) is 3.73. The highest BCUT2D eigenvalue weighted by molar-refractivity contribution is 5.66. The van der Waals surface area contributed by atoms with Gasteiger partial charge in [0.25, 0.3) is 0 Å². The number of nitrogens with zero attached hydrogens (tertiary/aromatic N) is 6. The molecule has 9 heteroatoms. The summed E-state index contributed by atoms with van der Waals surface area (Å²) in [6, 6.07) is 9.67. The Balaban J connectivity index is 1.48. The molecule has 0 saturated carbocycles. The Labute approximate surface area is 180 Å². The predicted molar refractivity (Wildman–Crippen MR) is 121 cm³/mol. The van der Waals surface area contributed by atoms with Crippen LogP contribution in [-0.4, -0.2) is 44.5 Å². The van der Waals surface area contributed by atoms with Gasteiger partial charge in [0.05, 0.1) is 7.11 Å². The highest BCUT2D eigenvalue weighted by Gasteiger charge is 2.17. The van der Waals surface area contributed by atoms with Crippen LogP contribution in [0.25, 0.3) is 5.65 Å². The van der Waals surface area contributed by atoms with Crippen molar-refractivity contribution in [3.8, 4) is 5.75 Å². The van der Waals surface area contributed by atoms with Gasteiger partial charge in [-0.25, -0.2) is 9.97 Å². The third kappa shape index (κ3) is 4.20. The lowest BCUT2D eigenvalue weighted by Crippen LogP contribution is -2.20. The molecule has 0 amide bonds. The number of fused-ring (bicyclic) bond motifs is 1. The molecule has 158 valence electrons. The Morgan fingerprint density at radius 1 is 0.935 bits per heavy atom. The van der Waals surface area contributed by atoms with Crippen molar-refractivity contribution in [2.24, 2.45) is 0 Å². The predicted octanol–water partition coefficient (Wildman–Crippen LogP) is 3.92. The van der Waals surface area contributed by atoms with E-state index in [4.69, 9.17) is 9.72 Å². The van der Waals surface area contributed by atoms with Gasteiger partial charge in [0.15, 0.2) is 0 Å². The van der Waals surface area contributed by atoms with Crippen LogP contribution in [0.1, 0.15) is 18.5 Å². The van der Waals surface area contributed by atoms with E-state index < -0.39 is 0 Å². The summed E-state index contributed by atoms with van der Waals surface area (Å²) in [4.78, 5) is 20.6. The van der Waals surface area contributed by atoms with E-state index in [1.54, 1.807) is 13.3 Å². The van der Waals surface area contributed by atoms with Gasteiger partial charge < -0.3 is 24.7 Å². The molecule has 0 atom stereocenters. The van der Waals surface area contributed by atoms with Crippen LogP contribution >= 0.6 is 0 Å². The number of ether oxygens (including phenoxy) is 1. The second kappa shape index (κ2) is 8.10. The van der Waals surface area contributed by atoms with Crippen molar-refractivity contribution in [3.05, 3.63) is 54.6 Å². The maximum Gasteiger partial charge on any atom is 0.232 e. The smallest absolute Gasteiger partial charge is 0.232 e. The van der Waals surface area contributed by atoms with Gasteiger partial charge in [-0.2, -0.15) is 9.97 Å². The number of rotatable bonds is 6. The monoisotopic (exact) mass is 416 g/mol. The average Bonchev–Trinajstić information content (AvgIpc) is 3.45. The zero-order chi connectivity index (χ0) is 21.2. The second-order valence-corrected chi connectivity index (χ2v) is 7.52. The van der Waals surface area contributed by atoms with E-state index in [0.717, 1.165) is 41.7 Å². The van der Waals surface area contributed by atoms with Crippen LogP contribution in [0.2, 0.25) is 0 Å². The van der Waals surface area contributed by atoms with Crippen molar-refractivity contribution in [1.82, 2.24) is 24.3 Å². The molecular weight excluding hydrogens is 392 g/mol. The first kappa shape index (κ1) is 19.1. The van der Waals surface area contributed by atoms with E-state index in [-0.39, 0.29) is 0 Å². The van der Waals surface area contributed by atoms with E-state index in [2.05, 4.69) is 30.5 Å². The number of anilines is 5. The van der Waals surface area contributed by atoms with Crippen molar-refractivity contribution < 1.29 is 4.74 Å². The molecule has 0 bridgehead atoms. The first-order chi connectivity index (χ1) is 15.2. The van der Waals surface area contributed by atoms with Gasteiger partial charge >= 0.3 is 0 Å². The number of methoxy groups -OCH3 is 1. The summed E-state index contributed by atoms with van der Waals surface area (Å²) in [6.45, 7) is 3.91. The zero-order valence-electron chi connectivity index (χ0n) is 17.5. The number of imidazole rings is 1. The van der Waals surface area contributed by atoms with Crippen molar-refractivity contribution in [3.63, 3.8) is 0 Å². The molecular formula is C22H24N8O. The van der Waals surface area contributed by atoms with Gasteiger partial charge in [-0.1, -0.05) is 0 Å².